The van der Waals surface area contributed by atoms with Gasteiger partial charge in [-0.3, -0.25) is 9.38 Å². The summed E-state index contributed by atoms with van der Waals surface area (Å²) >= 11 is 0. The van der Waals surface area contributed by atoms with Crippen LogP contribution in [0, 0.1) is 0 Å². The first-order chi connectivity index (χ1) is 13.8. The molecule has 5 aromatic heterocycles. The van der Waals surface area contributed by atoms with Gasteiger partial charge in [0.25, 0.3) is 0 Å². The third kappa shape index (κ3) is 2.81. The lowest BCUT2D eigenvalue weighted by atomic mass is 10.1. The molecule has 0 saturated carbocycles. The maximum absolute atomic E-state index is 5.25. The minimum atomic E-state index is 0.585. The summed E-state index contributed by atoms with van der Waals surface area (Å²) in [7, 11) is 1.62. The van der Waals surface area contributed by atoms with Crippen molar-refractivity contribution < 1.29 is 9.15 Å². The number of imidazole rings is 1. The molecule has 5 heterocycles. The van der Waals surface area contributed by atoms with E-state index in [0.29, 0.717) is 5.88 Å². The van der Waals surface area contributed by atoms with Gasteiger partial charge in [0.2, 0.25) is 5.88 Å². The van der Waals surface area contributed by atoms with Crippen molar-refractivity contribution in [3.8, 4) is 39.5 Å². The molecule has 0 unspecified atom stereocenters. The highest BCUT2D eigenvalue weighted by Gasteiger charge is 2.10. The van der Waals surface area contributed by atoms with Crippen LogP contribution in [0.5, 0.6) is 5.88 Å². The fourth-order valence-electron chi connectivity index (χ4n) is 3.22. The van der Waals surface area contributed by atoms with Gasteiger partial charge in [-0.1, -0.05) is 0 Å². The Morgan fingerprint density at radius 1 is 0.857 bits per heavy atom. The number of nitrogens with zero attached hydrogens (tertiary/aromatic N) is 4. The Morgan fingerprint density at radius 3 is 2.61 bits per heavy atom. The normalized spacial score (nSPS) is 11.0. The van der Waals surface area contributed by atoms with Crippen molar-refractivity contribution in [2.24, 2.45) is 0 Å². The Kier molecular flexibility index (Phi) is 3.87. The fraction of sp³-hybridized carbons (Fsp3) is 0.0455. The van der Waals surface area contributed by atoms with Crippen LogP contribution in [0.2, 0.25) is 0 Å². The molecule has 0 aliphatic rings. The van der Waals surface area contributed by atoms with Crippen molar-refractivity contribution in [3.05, 3.63) is 79.8 Å². The molecule has 0 atom stereocenters. The Bertz CT molecular complexity index is 1260. The van der Waals surface area contributed by atoms with Gasteiger partial charge in [0.1, 0.15) is 5.65 Å². The molecule has 0 bridgehead atoms. The summed E-state index contributed by atoms with van der Waals surface area (Å²) in [6.45, 7) is 0. The average molecular weight is 368 g/mol. The van der Waals surface area contributed by atoms with Crippen LogP contribution in [0.25, 0.3) is 39.3 Å². The number of furan rings is 1. The molecular formula is C22H16N4O2. The number of ether oxygens (including phenoxy) is 1. The topological polar surface area (TPSA) is 65.5 Å². The summed E-state index contributed by atoms with van der Waals surface area (Å²) in [4.78, 5) is 13.2. The summed E-state index contributed by atoms with van der Waals surface area (Å²) in [5, 5.41) is 0. The quantitative estimate of drug-likeness (QED) is 0.459. The van der Waals surface area contributed by atoms with Crippen molar-refractivity contribution in [2.75, 3.05) is 7.11 Å². The molecular weight excluding hydrogens is 352 g/mol. The van der Waals surface area contributed by atoms with Gasteiger partial charge >= 0.3 is 0 Å². The van der Waals surface area contributed by atoms with Crippen LogP contribution in [0.3, 0.4) is 0 Å². The summed E-state index contributed by atoms with van der Waals surface area (Å²) in [5.41, 5.74) is 6.78. The zero-order valence-corrected chi connectivity index (χ0v) is 15.1. The number of pyridine rings is 3. The van der Waals surface area contributed by atoms with Crippen LogP contribution in [0.15, 0.2) is 84.2 Å². The highest BCUT2D eigenvalue weighted by molar-refractivity contribution is 5.72. The Morgan fingerprint density at radius 2 is 1.75 bits per heavy atom. The molecule has 6 nitrogen and oxygen atoms in total. The Hall–Kier alpha value is -3.93. The van der Waals surface area contributed by atoms with Gasteiger partial charge in [0.15, 0.2) is 0 Å². The van der Waals surface area contributed by atoms with E-state index in [1.165, 1.54) is 0 Å². The van der Waals surface area contributed by atoms with Crippen LogP contribution >= 0.6 is 0 Å². The molecule has 0 spiro atoms. The van der Waals surface area contributed by atoms with E-state index in [2.05, 4.69) is 25.5 Å². The lowest BCUT2D eigenvalue weighted by Gasteiger charge is -2.07. The molecule has 6 heteroatoms. The highest BCUT2D eigenvalue weighted by Crippen LogP contribution is 2.28. The number of hydrogen-bond acceptors (Lipinski definition) is 5. The van der Waals surface area contributed by atoms with E-state index in [4.69, 9.17) is 9.15 Å². The molecule has 0 radical (unpaired) electrons. The van der Waals surface area contributed by atoms with Gasteiger partial charge in [-0.15, -0.1) is 0 Å². The van der Waals surface area contributed by atoms with Crippen molar-refractivity contribution in [2.45, 2.75) is 0 Å². The number of fused-ring (bicyclic) bond motifs is 1. The van der Waals surface area contributed by atoms with E-state index in [1.807, 2.05) is 48.7 Å². The summed E-state index contributed by atoms with van der Waals surface area (Å²) in [6, 6.07) is 13.8. The zero-order valence-electron chi connectivity index (χ0n) is 15.1. The highest BCUT2D eigenvalue weighted by atomic mass is 16.5. The first kappa shape index (κ1) is 16.3. The maximum Gasteiger partial charge on any atom is 0.213 e. The van der Waals surface area contributed by atoms with Gasteiger partial charge in [-0.05, 0) is 47.5 Å². The van der Waals surface area contributed by atoms with Crippen LogP contribution in [-0.2, 0) is 0 Å². The summed E-state index contributed by atoms with van der Waals surface area (Å²) < 4.78 is 12.5. The van der Waals surface area contributed by atoms with Crippen molar-refractivity contribution in [1.29, 1.82) is 0 Å². The van der Waals surface area contributed by atoms with Gasteiger partial charge in [-0.2, -0.15) is 0 Å². The van der Waals surface area contributed by atoms with Crippen molar-refractivity contribution in [1.82, 2.24) is 19.4 Å². The van der Waals surface area contributed by atoms with E-state index >= 15 is 0 Å². The number of methoxy groups -OCH3 is 1. The molecule has 0 aliphatic heterocycles. The van der Waals surface area contributed by atoms with E-state index in [1.54, 1.807) is 32.0 Å². The second-order valence-electron chi connectivity index (χ2n) is 6.32. The van der Waals surface area contributed by atoms with Crippen molar-refractivity contribution in [3.63, 3.8) is 0 Å². The molecule has 0 amide bonds. The van der Waals surface area contributed by atoms with Crippen LogP contribution in [0.1, 0.15) is 0 Å². The van der Waals surface area contributed by atoms with Gasteiger partial charge < -0.3 is 9.15 Å². The molecule has 0 N–H and O–H groups in total. The third-order valence-electron chi connectivity index (χ3n) is 4.66. The number of hydrogen-bond donors (Lipinski definition) is 0. The number of rotatable bonds is 4. The molecule has 0 aliphatic carbocycles. The predicted octanol–water partition coefficient (Wildman–Crippen LogP) is 4.73. The fourth-order valence-corrected chi connectivity index (χ4v) is 3.22. The molecule has 5 rings (SSSR count). The smallest absolute Gasteiger partial charge is 0.213 e. The SMILES string of the molecule is COc1cc(-c2ccc3ncc(-c4ccnc(-c5ccoc5)c4)n3c2)ccn1. The minimum absolute atomic E-state index is 0.585. The molecule has 0 fully saturated rings. The average Bonchev–Trinajstić information content (AvgIpc) is 3.43. The first-order valence-corrected chi connectivity index (χ1v) is 8.78. The van der Waals surface area contributed by atoms with Gasteiger partial charge in [0.05, 0.1) is 37.2 Å². The minimum Gasteiger partial charge on any atom is -0.481 e. The zero-order chi connectivity index (χ0) is 18.9. The van der Waals surface area contributed by atoms with Gasteiger partial charge in [0, 0.05) is 35.8 Å². The van der Waals surface area contributed by atoms with E-state index in [9.17, 15) is 0 Å². The second-order valence-corrected chi connectivity index (χ2v) is 6.32. The monoisotopic (exact) mass is 368 g/mol. The third-order valence-corrected chi connectivity index (χ3v) is 4.66. The number of aromatic nitrogens is 4. The van der Waals surface area contributed by atoms with E-state index in [-0.39, 0.29) is 0 Å². The van der Waals surface area contributed by atoms with Crippen LogP contribution in [-0.4, -0.2) is 26.5 Å². The second kappa shape index (κ2) is 6.66. The molecule has 136 valence electrons. The molecule has 0 aromatic carbocycles. The van der Waals surface area contributed by atoms with E-state index < -0.39 is 0 Å². The molecule has 0 saturated heterocycles. The summed E-state index contributed by atoms with van der Waals surface area (Å²) in [6.07, 6.45) is 10.8. The largest absolute Gasteiger partial charge is 0.481 e. The first-order valence-electron chi connectivity index (χ1n) is 8.78. The summed E-state index contributed by atoms with van der Waals surface area (Å²) in [5.74, 6) is 0.585. The van der Waals surface area contributed by atoms with Crippen LogP contribution in [0.4, 0.5) is 0 Å². The standard InChI is InChI=1S/C22H16N4O2/c1-27-22-11-15(4-8-24-22)17-2-3-21-25-12-20(26(21)13-17)16-5-7-23-19(10-16)18-6-9-28-14-18/h2-14H,1H3. The Balaban J connectivity index is 1.62. The van der Waals surface area contributed by atoms with Gasteiger partial charge in [-0.25, -0.2) is 9.97 Å². The van der Waals surface area contributed by atoms with Crippen LogP contribution < -0.4 is 4.74 Å². The lowest BCUT2D eigenvalue weighted by molar-refractivity contribution is 0.398. The van der Waals surface area contributed by atoms with E-state index in [0.717, 1.165) is 39.3 Å². The molecule has 5 aromatic rings. The maximum atomic E-state index is 5.25. The Labute approximate surface area is 161 Å². The lowest BCUT2D eigenvalue weighted by Crippen LogP contribution is -1.92. The predicted molar refractivity (Wildman–Crippen MR) is 106 cm³/mol. The van der Waals surface area contributed by atoms with Crippen molar-refractivity contribution >= 4 is 5.65 Å². The molecule has 28 heavy (non-hydrogen) atoms.